The Labute approximate surface area is 204 Å². The molecule has 182 valence electrons. The molecule has 0 saturated carbocycles. The maximum atomic E-state index is 13.3. The molecule has 35 heavy (non-hydrogen) atoms. The summed E-state index contributed by atoms with van der Waals surface area (Å²) in [5, 5.41) is 11.9. The summed E-state index contributed by atoms with van der Waals surface area (Å²) in [6, 6.07) is 16.1. The van der Waals surface area contributed by atoms with Crippen molar-refractivity contribution in [2.24, 2.45) is 5.41 Å². The Morgan fingerprint density at radius 2 is 1.69 bits per heavy atom. The summed E-state index contributed by atoms with van der Waals surface area (Å²) in [4.78, 5) is 38.4. The number of nitrogens with zero attached hydrogens (tertiary/aromatic N) is 1. The monoisotopic (exact) mass is 476 g/mol. The van der Waals surface area contributed by atoms with Crippen LogP contribution in [0.2, 0.25) is 0 Å². The lowest BCUT2D eigenvalue weighted by molar-refractivity contribution is -0.152. The van der Waals surface area contributed by atoms with Crippen molar-refractivity contribution in [2.45, 2.75) is 18.8 Å². The lowest BCUT2D eigenvalue weighted by Gasteiger charge is -2.38. The van der Waals surface area contributed by atoms with Crippen molar-refractivity contribution in [3.63, 3.8) is 0 Å². The standard InChI is InChI=1S/C27H28N2O6/c1-2-13-29(16-24(30)31)25(32)27(11-14-34-15-12-27)18-28-26(33)35-17-23-21-9-5-3-7-19(21)20-8-4-6-10-22(20)23/h1,3-10,23H,11-18H2,(H,28,33)(H,30,31). The number of alkyl carbamates (subject to hydrolysis) is 1. The zero-order valence-electron chi connectivity index (χ0n) is 19.4. The molecule has 1 aliphatic heterocycles. The highest BCUT2D eigenvalue weighted by molar-refractivity contribution is 5.87. The van der Waals surface area contributed by atoms with E-state index >= 15 is 0 Å². The number of amides is 2. The van der Waals surface area contributed by atoms with Crippen LogP contribution in [0.1, 0.15) is 29.9 Å². The summed E-state index contributed by atoms with van der Waals surface area (Å²) in [7, 11) is 0. The van der Waals surface area contributed by atoms with Crippen molar-refractivity contribution >= 4 is 18.0 Å². The molecule has 2 aromatic carbocycles. The maximum Gasteiger partial charge on any atom is 0.407 e. The van der Waals surface area contributed by atoms with Gasteiger partial charge in [0.25, 0.3) is 0 Å². The van der Waals surface area contributed by atoms with Gasteiger partial charge in [0.1, 0.15) is 13.2 Å². The van der Waals surface area contributed by atoms with Gasteiger partial charge in [0.2, 0.25) is 5.91 Å². The van der Waals surface area contributed by atoms with Gasteiger partial charge >= 0.3 is 12.1 Å². The lowest BCUT2D eigenvalue weighted by Crippen LogP contribution is -2.53. The van der Waals surface area contributed by atoms with Gasteiger partial charge in [-0.25, -0.2) is 4.79 Å². The molecule has 0 unspecified atom stereocenters. The second-order valence-electron chi connectivity index (χ2n) is 8.83. The van der Waals surface area contributed by atoms with Crippen LogP contribution in [0, 0.1) is 17.8 Å². The van der Waals surface area contributed by atoms with Crippen LogP contribution in [0.3, 0.4) is 0 Å². The van der Waals surface area contributed by atoms with E-state index in [1.54, 1.807) is 0 Å². The quantitative estimate of drug-likeness (QED) is 0.568. The van der Waals surface area contributed by atoms with Crippen LogP contribution in [0.5, 0.6) is 0 Å². The molecule has 0 radical (unpaired) electrons. The van der Waals surface area contributed by atoms with E-state index in [-0.39, 0.29) is 25.6 Å². The summed E-state index contributed by atoms with van der Waals surface area (Å²) in [6.45, 7) is 0.193. The van der Waals surface area contributed by atoms with E-state index in [1.807, 2.05) is 36.4 Å². The number of nitrogens with one attached hydrogen (secondary N) is 1. The number of carboxylic acid groups (broad SMARTS) is 1. The van der Waals surface area contributed by atoms with E-state index in [4.69, 9.17) is 15.9 Å². The van der Waals surface area contributed by atoms with Gasteiger partial charge in [0, 0.05) is 25.7 Å². The Morgan fingerprint density at radius 1 is 1.09 bits per heavy atom. The highest BCUT2D eigenvalue weighted by Gasteiger charge is 2.43. The molecule has 2 N–H and O–H groups in total. The summed E-state index contributed by atoms with van der Waals surface area (Å²) < 4.78 is 11.0. The second-order valence-corrected chi connectivity index (χ2v) is 8.83. The van der Waals surface area contributed by atoms with Crippen molar-refractivity contribution in [1.82, 2.24) is 10.2 Å². The van der Waals surface area contributed by atoms with E-state index < -0.39 is 29.9 Å². The highest BCUT2D eigenvalue weighted by atomic mass is 16.5. The topological polar surface area (TPSA) is 105 Å². The molecule has 0 aromatic heterocycles. The minimum atomic E-state index is -1.15. The molecule has 1 fully saturated rings. The minimum Gasteiger partial charge on any atom is -0.480 e. The third-order valence-electron chi connectivity index (χ3n) is 6.71. The van der Waals surface area contributed by atoms with Crippen LogP contribution >= 0.6 is 0 Å². The molecule has 1 saturated heterocycles. The first-order valence-electron chi connectivity index (χ1n) is 11.6. The number of carbonyl (C=O) groups excluding carboxylic acids is 2. The number of ether oxygens (including phenoxy) is 2. The fourth-order valence-corrected chi connectivity index (χ4v) is 4.93. The number of aliphatic carboxylic acids is 1. The van der Waals surface area contributed by atoms with E-state index in [9.17, 15) is 19.5 Å². The molecule has 0 spiro atoms. The van der Waals surface area contributed by atoms with Gasteiger partial charge in [0.15, 0.2) is 0 Å². The Bertz CT molecular complexity index is 1100. The zero-order chi connectivity index (χ0) is 24.8. The smallest absolute Gasteiger partial charge is 0.407 e. The minimum absolute atomic E-state index is 0.00651. The lowest BCUT2D eigenvalue weighted by atomic mass is 9.78. The van der Waals surface area contributed by atoms with E-state index in [2.05, 4.69) is 23.4 Å². The SMILES string of the molecule is C#CCN(CC(=O)O)C(=O)C1(CNC(=O)OCC2c3ccccc3-c3ccccc32)CCOCC1. The maximum absolute atomic E-state index is 13.3. The molecule has 8 nitrogen and oxygen atoms in total. The largest absolute Gasteiger partial charge is 0.480 e. The van der Waals surface area contributed by atoms with E-state index in [0.29, 0.717) is 26.1 Å². The molecule has 2 aliphatic rings. The average Bonchev–Trinajstić information content (AvgIpc) is 3.19. The van der Waals surface area contributed by atoms with Gasteiger partial charge in [-0.05, 0) is 35.1 Å². The summed E-state index contributed by atoms with van der Waals surface area (Å²) >= 11 is 0. The fourth-order valence-electron chi connectivity index (χ4n) is 4.93. The van der Waals surface area contributed by atoms with Crippen LogP contribution < -0.4 is 5.32 Å². The molecular formula is C27H28N2O6. The predicted molar refractivity (Wildman–Crippen MR) is 129 cm³/mol. The molecule has 2 aromatic rings. The first-order valence-corrected chi connectivity index (χ1v) is 11.6. The van der Waals surface area contributed by atoms with Gasteiger partial charge in [0.05, 0.1) is 12.0 Å². The van der Waals surface area contributed by atoms with Gasteiger partial charge in [-0.3, -0.25) is 9.59 Å². The second kappa shape index (κ2) is 10.6. The summed E-state index contributed by atoms with van der Waals surface area (Å²) in [5.41, 5.74) is 3.48. The highest BCUT2D eigenvalue weighted by Crippen LogP contribution is 2.44. The Hall–Kier alpha value is -3.83. The number of hydrogen-bond acceptors (Lipinski definition) is 5. The molecule has 1 heterocycles. The molecule has 4 rings (SSSR count). The predicted octanol–water partition coefficient (Wildman–Crippen LogP) is 2.87. The molecule has 8 heteroatoms. The first-order chi connectivity index (χ1) is 16.9. The summed E-state index contributed by atoms with van der Waals surface area (Å²) in [5.74, 6) is 0.711. The van der Waals surface area contributed by atoms with Crippen molar-refractivity contribution in [2.75, 3.05) is 39.5 Å². The fraction of sp³-hybridized carbons (Fsp3) is 0.370. The van der Waals surface area contributed by atoms with Gasteiger partial charge < -0.3 is 24.8 Å². The molecule has 2 amide bonds. The van der Waals surface area contributed by atoms with Crippen molar-refractivity contribution < 1.29 is 29.0 Å². The van der Waals surface area contributed by atoms with Gasteiger partial charge in [-0.2, -0.15) is 0 Å². The van der Waals surface area contributed by atoms with Crippen LogP contribution in [0.4, 0.5) is 4.79 Å². The number of carboxylic acids is 1. The Kier molecular flexibility index (Phi) is 7.37. The normalized spacial score (nSPS) is 15.9. The van der Waals surface area contributed by atoms with Gasteiger partial charge in [-0.1, -0.05) is 54.5 Å². The van der Waals surface area contributed by atoms with Crippen LogP contribution in [0.15, 0.2) is 48.5 Å². The van der Waals surface area contributed by atoms with Crippen molar-refractivity contribution in [1.29, 1.82) is 0 Å². The average molecular weight is 477 g/mol. The molecule has 1 aliphatic carbocycles. The third kappa shape index (κ3) is 5.15. The van der Waals surface area contributed by atoms with E-state index in [1.165, 1.54) is 0 Å². The number of carbonyl (C=O) groups is 3. The number of benzene rings is 2. The molecule has 0 atom stereocenters. The van der Waals surface area contributed by atoms with Crippen molar-refractivity contribution in [3.05, 3.63) is 59.7 Å². The zero-order valence-corrected chi connectivity index (χ0v) is 19.4. The number of terminal acetylenes is 1. The van der Waals surface area contributed by atoms with Crippen LogP contribution in [0.25, 0.3) is 11.1 Å². The van der Waals surface area contributed by atoms with Crippen molar-refractivity contribution in [3.8, 4) is 23.5 Å². The van der Waals surface area contributed by atoms with Crippen LogP contribution in [-0.2, 0) is 19.1 Å². The number of fused-ring (bicyclic) bond motifs is 3. The van der Waals surface area contributed by atoms with Crippen LogP contribution in [-0.4, -0.2) is 67.4 Å². The number of hydrogen-bond donors (Lipinski definition) is 2. The van der Waals surface area contributed by atoms with Gasteiger partial charge in [-0.15, -0.1) is 6.42 Å². The number of rotatable bonds is 8. The first kappa shape index (κ1) is 24.3. The summed E-state index contributed by atoms with van der Waals surface area (Å²) in [6.07, 6.45) is 5.41. The Balaban J connectivity index is 1.42. The molecule has 0 bridgehead atoms. The third-order valence-corrected chi connectivity index (χ3v) is 6.71. The Morgan fingerprint density at radius 3 is 2.26 bits per heavy atom. The van der Waals surface area contributed by atoms with E-state index in [0.717, 1.165) is 27.2 Å². The molecular weight excluding hydrogens is 448 g/mol.